The average Bonchev–Trinajstić information content (AvgIpc) is 2.81. The molecule has 0 saturated carbocycles. The second-order valence-corrected chi connectivity index (χ2v) is 8.18. The lowest BCUT2D eigenvalue weighted by Crippen LogP contribution is -2.50. The van der Waals surface area contributed by atoms with E-state index in [0.29, 0.717) is 26.2 Å². The highest BCUT2D eigenvalue weighted by atomic mass is 19.1. The van der Waals surface area contributed by atoms with Crippen LogP contribution in [0, 0.1) is 5.82 Å². The van der Waals surface area contributed by atoms with Crippen LogP contribution in [0.4, 0.5) is 10.1 Å². The summed E-state index contributed by atoms with van der Waals surface area (Å²) in [4.78, 5) is 31.0. The van der Waals surface area contributed by atoms with Crippen LogP contribution in [0.1, 0.15) is 15.9 Å². The predicted molar refractivity (Wildman–Crippen MR) is 120 cm³/mol. The van der Waals surface area contributed by atoms with Crippen molar-refractivity contribution in [3.63, 3.8) is 0 Å². The summed E-state index contributed by atoms with van der Waals surface area (Å²) in [7, 11) is 0. The molecule has 8 heteroatoms. The quantitative estimate of drug-likeness (QED) is 0.745. The summed E-state index contributed by atoms with van der Waals surface area (Å²) in [6.07, 6.45) is 0. The van der Waals surface area contributed by atoms with E-state index in [9.17, 15) is 14.0 Å². The topological polar surface area (TPSA) is 65.1 Å². The maximum atomic E-state index is 13.9. The third-order valence-electron chi connectivity index (χ3n) is 5.88. The first-order chi connectivity index (χ1) is 15.6. The standard InChI is InChI=1S/C24H29FN4O3/c25-22-4-2-1-3-21(22)24(31)29-11-9-27(10-12-29)18-23(30)26-20-7-5-19(6-8-20)17-28-13-15-32-16-14-28/h1-8H,9-18H2,(H,26,30). The van der Waals surface area contributed by atoms with Crippen molar-refractivity contribution in [1.29, 1.82) is 0 Å². The number of nitrogens with zero attached hydrogens (tertiary/aromatic N) is 3. The van der Waals surface area contributed by atoms with Crippen LogP contribution in [0.15, 0.2) is 48.5 Å². The second kappa shape index (κ2) is 10.7. The number of carbonyl (C=O) groups is 2. The number of benzene rings is 2. The lowest BCUT2D eigenvalue weighted by molar-refractivity contribution is -0.117. The van der Waals surface area contributed by atoms with E-state index in [0.717, 1.165) is 38.5 Å². The molecule has 0 aliphatic carbocycles. The van der Waals surface area contributed by atoms with Crippen LogP contribution in [0.3, 0.4) is 0 Å². The average molecular weight is 441 g/mol. The van der Waals surface area contributed by atoms with Gasteiger partial charge in [-0.05, 0) is 29.8 Å². The third-order valence-corrected chi connectivity index (χ3v) is 5.88. The van der Waals surface area contributed by atoms with Gasteiger partial charge in [0.1, 0.15) is 5.82 Å². The van der Waals surface area contributed by atoms with Gasteiger partial charge in [0, 0.05) is 51.5 Å². The van der Waals surface area contributed by atoms with Gasteiger partial charge < -0.3 is 15.0 Å². The molecule has 7 nitrogen and oxygen atoms in total. The lowest BCUT2D eigenvalue weighted by Gasteiger charge is -2.34. The molecule has 0 aromatic heterocycles. The van der Waals surface area contributed by atoms with Crippen molar-refractivity contribution < 1.29 is 18.7 Å². The Morgan fingerprint density at radius 2 is 1.56 bits per heavy atom. The summed E-state index contributed by atoms with van der Waals surface area (Å²) in [5.74, 6) is -0.889. The second-order valence-electron chi connectivity index (χ2n) is 8.18. The van der Waals surface area contributed by atoms with Gasteiger partial charge in [0.15, 0.2) is 0 Å². The molecule has 32 heavy (non-hydrogen) atoms. The predicted octanol–water partition coefficient (Wildman–Crippen LogP) is 2.05. The van der Waals surface area contributed by atoms with Crippen LogP contribution in [0.5, 0.6) is 0 Å². The molecule has 2 fully saturated rings. The van der Waals surface area contributed by atoms with Gasteiger partial charge in [0.25, 0.3) is 5.91 Å². The van der Waals surface area contributed by atoms with E-state index in [1.165, 1.54) is 17.7 Å². The molecule has 0 spiro atoms. The lowest BCUT2D eigenvalue weighted by atomic mass is 10.1. The monoisotopic (exact) mass is 440 g/mol. The van der Waals surface area contributed by atoms with Crippen molar-refractivity contribution in [2.75, 3.05) is 64.3 Å². The minimum Gasteiger partial charge on any atom is -0.379 e. The smallest absolute Gasteiger partial charge is 0.256 e. The molecule has 0 unspecified atom stereocenters. The number of halogens is 1. The third kappa shape index (κ3) is 5.91. The first-order valence-electron chi connectivity index (χ1n) is 11.0. The fraction of sp³-hybridized carbons (Fsp3) is 0.417. The van der Waals surface area contributed by atoms with E-state index in [1.54, 1.807) is 17.0 Å². The highest BCUT2D eigenvalue weighted by molar-refractivity contribution is 5.94. The summed E-state index contributed by atoms with van der Waals surface area (Å²) in [5.41, 5.74) is 2.07. The van der Waals surface area contributed by atoms with Crippen molar-refractivity contribution in [2.45, 2.75) is 6.54 Å². The fourth-order valence-corrected chi connectivity index (χ4v) is 4.03. The molecular formula is C24H29FN4O3. The number of ether oxygens (including phenoxy) is 1. The molecule has 2 aliphatic heterocycles. The first kappa shape index (κ1) is 22.4. The Bertz CT molecular complexity index is 923. The van der Waals surface area contributed by atoms with Crippen molar-refractivity contribution >= 4 is 17.5 Å². The van der Waals surface area contributed by atoms with Crippen molar-refractivity contribution in [3.8, 4) is 0 Å². The number of morpholine rings is 1. The number of hydrogen-bond acceptors (Lipinski definition) is 5. The number of anilines is 1. The Morgan fingerprint density at radius 3 is 2.25 bits per heavy atom. The van der Waals surface area contributed by atoms with Crippen LogP contribution < -0.4 is 5.32 Å². The maximum Gasteiger partial charge on any atom is 0.256 e. The highest BCUT2D eigenvalue weighted by Crippen LogP contribution is 2.14. The molecule has 2 aliphatic rings. The molecule has 0 radical (unpaired) electrons. The van der Waals surface area contributed by atoms with Gasteiger partial charge in [-0.3, -0.25) is 19.4 Å². The normalized spacial score (nSPS) is 17.8. The highest BCUT2D eigenvalue weighted by Gasteiger charge is 2.24. The van der Waals surface area contributed by atoms with E-state index in [1.807, 2.05) is 29.2 Å². The van der Waals surface area contributed by atoms with E-state index in [2.05, 4.69) is 10.2 Å². The minimum atomic E-state index is -0.504. The summed E-state index contributed by atoms with van der Waals surface area (Å²) in [6, 6.07) is 14.0. The number of rotatable bonds is 6. The molecular weight excluding hydrogens is 411 g/mol. The van der Waals surface area contributed by atoms with Gasteiger partial charge in [0.05, 0.1) is 25.3 Å². The molecule has 2 amide bonds. The largest absolute Gasteiger partial charge is 0.379 e. The number of nitrogens with one attached hydrogen (secondary N) is 1. The van der Waals surface area contributed by atoms with Gasteiger partial charge in [-0.2, -0.15) is 0 Å². The number of amides is 2. The van der Waals surface area contributed by atoms with Gasteiger partial charge in [0.2, 0.25) is 5.91 Å². The Balaban J connectivity index is 1.21. The molecule has 170 valence electrons. The summed E-state index contributed by atoms with van der Waals surface area (Å²) >= 11 is 0. The SMILES string of the molecule is O=C(CN1CCN(C(=O)c2ccccc2F)CC1)Nc1ccc(CN2CCOCC2)cc1. The van der Waals surface area contributed by atoms with Crippen molar-refractivity contribution in [2.24, 2.45) is 0 Å². The van der Waals surface area contributed by atoms with Crippen LogP contribution in [-0.2, 0) is 16.1 Å². The van der Waals surface area contributed by atoms with E-state index in [-0.39, 0.29) is 23.9 Å². The number of hydrogen-bond donors (Lipinski definition) is 1. The Hall–Kier alpha value is -2.81. The van der Waals surface area contributed by atoms with E-state index >= 15 is 0 Å². The van der Waals surface area contributed by atoms with Gasteiger partial charge in [-0.25, -0.2) is 4.39 Å². The van der Waals surface area contributed by atoms with Crippen LogP contribution in [-0.4, -0.2) is 85.5 Å². The zero-order chi connectivity index (χ0) is 22.3. The van der Waals surface area contributed by atoms with E-state index < -0.39 is 5.82 Å². The molecule has 4 rings (SSSR count). The Labute approximate surface area is 187 Å². The van der Waals surface area contributed by atoms with Crippen LogP contribution in [0.25, 0.3) is 0 Å². The molecule has 2 heterocycles. The Kier molecular flexibility index (Phi) is 7.47. The molecule has 2 aromatic rings. The molecule has 1 N–H and O–H groups in total. The number of carbonyl (C=O) groups excluding carboxylic acids is 2. The van der Waals surface area contributed by atoms with Gasteiger partial charge in [-0.15, -0.1) is 0 Å². The van der Waals surface area contributed by atoms with Crippen LogP contribution in [0.2, 0.25) is 0 Å². The Morgan fingerprint density at radius 1 is 0.875 bits per heavy atom. The van der Waals surface area contributed by atoms with Gasteiger partial charge >= 0.3 is 0 Å². The summed E-state index contributed by atoms with van der Waals surface area (Å²) < 4.78 is 19.3. The molecule has 0 atom stereocenters. The summed E-state index contributed by atoms with van der Waals surface area (Å²) in [6.45, 7) is 6.67. The first-order valence-corrected chi connectivity index (χ1v) is 11.0. The van der Waals surface area contributed by atoms with E-state index in [4.69, 9.17) is 4.74 Å². The van der Waals surface area contributed by atoms with Crippen LogP contribution >= 0.6 is 0 Å². The molecule has 2 saturated heterocycles. The van der Waals surface area contributed by atoms with Gasteiger partial charge in [-0.1, -0.05) is 24.3 Å². The summed E-state index contributed by atoms with van der Waals surface area (Å²) in [5, 5.41) is 2.94. The minimum absolute atomic E-state index is 0.0835. The zero-order valence-electron chi connectivity index (χ0n) is 18.1. The molecule has 2 aromatic carbocycles. The molecule has 0 bridgehead atoms. The number of piperazine rings is 1. The zero-order valence-corrected chi connectivity index (χ0v) is 18.1. The van der Waals surface area contributed by atoms with Crippen molar-refractivity contribution in [1.82, 2.24) is 14.7 Å². The maximum absolute atomic E-state index is 13.9. The van der Waals surface area contributed by atoms with Crippen molar-refractivity contribution in [3.05, 3.63) is 65.5 Å². The fourth-order valence-electron chi connectivity index (χ4n) is 4.03.